The lowest BCUT2D eigenvalue weighted by molar-refractivity contribution is 0.0701. The molecule has 2 fully saturated rings. The number of likely N-dealkylation sites (tertiary alicyclic amines) is 1. The molecule has 3 N–H and O–H groups in total. The van der Waals surface area contributed by atoms with E-state index < -0.39 is 0 Å². The minimum atomic E-state index is -0.346. The van der Waals surface area contributed by atoms with Gasteiger partial charge < -0.3 is 11.1 Å². The van der Waals surface area contributed by atoms with Gasteiger partial charge in [-0.2, -0.15) is 4.98 Å². The van der Waals surface area contributed by atoms with Crippen LogP contribution in [-0.2, 0) is 6.54 Å². The predicted octanol–water partition coefficient (Wildman–Crippen LogP) is 1.78. The molecule has 3 heterocycles. The van der Waals surface area contributed by atoms with Crippen LogP contribution >= 0.6 is 0 Å². The van der Waals surface area contributed by atoms with Gasteiger partial charge in [0.05, 0.1) is 5.69 Å². The number of nitrogens with two attached hydrogens (primary N) is 1. The fraction of sp³-hybridized carbons (Fsp3) is 0.500. The van der Waals surface area contributed by atoms with Gasteiger partial charge in [0.1, 0.15) is 5.82 Å². The lowest BCUT2D eigenvalue weighted by Gasteiger charge is -2.44. The standard InChI is InChI=1S/C20H27N5O/c21-18-5-12-25(19(26)23-18)17-3-1-16(2-4-17)15-24-13-8-20(9-14-24)6-10-22-11-7-20/h1-5,12,22H,6-11,13-15H2,(H2,21,23,26). The van der Waals surface area contributed by atoms with Crippen molar-refractivity contribution in [2.24, 2.45) is 5.41 Å². The van der Waals surface area contributed by atoms with Crippen LogP contribution in [0.4, 0.5) is 5.82 Å². The van der Waals surface area contributed by atoms with Gasteiger partial charge in [0.25, 0.3) is 0 Å². The molecule has 1 aromatic carbocycles. The van der Waals surface area contributed by atoms with Crippen molar-refractivity contribution in [2.75, 3.05) is 31.9 Å². The normalized spacial score (nSPS) is 20.3. The number of rotatable bonds is 3. The number of piperidine rings is 2. The Balaban J connectivity index is 1.38. The molecule has 6 nitrogen and oxygen atoms in total. The number of anilines is 1. The number of nitrogens with one attached hydrogen (secondary N) is 1. The van der Waals surface area contributed by atoms with Crippen molar-refractivity contribution in [2.45, 2.75) is 32.2 Å². The predicted molar refractivity (Wildman–Crippen MR) is 103 cm³/mol. The zero-order chi connectivity index (χ0) is 18.0. The molecule has 0 aliphatic carbocycles. The molecule has 2 aliphatic heterocycles. The van der Waals surface area contributed by atoms with Crippen LogP contribution in [0.2, 0.25) is 0 Å². The summed E-state index contributed by atoms with van der Waals surface area (Å²) in [6, 6.07) is 9.80. The van der Waals surface area contributed by atoms with Gasteiger partial charge in [-0.15, -0.1) is 0 Å². The van der Waals surface area contributed by atoms with Crippen molar-refractivity contribution in [1.29, 1.82) is 0 Å². The molecule has 6 heteroatoms. The largest absolute Gasteiger partial charge is 0.383 e. The van der Waals surface area contributed by atoms with Gasteiger partial charge in [-0.05, 0) is 81.0 Å². The molecule has 26 heavy (non-hydrogen) atoms. The fourth-order valence-corrected chi connectivity index (χ4v) is 4.28. The van der Waals surface area contributed by atoms with E-state index in [1.54, 1.807) is 12.3 Å². The Morgan fingerprint density at radius 2 is 1.73 bits per heavy atom. The molecular weight excluding hydrogens is 326 g/mol. The first-order valence-corrected chi connectivity index (χ1v) is 9.51. The van der Waals surface area contributed by atoms with Crippen molar-refractivity contribution in [3.8, 4) is 5.69 Å². The molecule has 138 valence electrons. The maximum Gasteiger partial charge on any atom is 0.354 e. The molecule has 1 aromatic heterocycles. The van der Waals surface area contributed by atoms with Gasteiger partial charge in [0.15, 0.2) is 0 Å². The van der Waals surface area contributed by atoms with Gasteiger partial charge in [0.2, 0.25) is 0 Å². The Bertz CT molecular complexity index is 798. The fourth-order valence-electron chi connectivity index (χ4n) is 4.28. The molecule has 2 aliphatic rings. The van der Waals surface area contributed by atoms with Crippen LogP contribution in [0.1, 0.15) is 31.2 Å². The Labute approximate surface area is 154 Å². The second-order valence-corrected chi connectivity index (χ2v) is 7.70. The Morgan fingerprint density at radius 3 is 2.38 bits per heavy atom. The lowest BCUT2D eigenvalue weighted by Crippen LogP contribution is -2.45. The molecule has 0 radical (unpaired) electrons. The number of nitrogen functional groups attached to an aromatic ring is 1. The summed E-state index contributed by atoms with van der Waals surface area (Å²) in [6.07, 6.45) is 6.97. The zero-order valence-corrected chi connectivity index (χ0v) is 15.2. The number of nitrogens with zero attached hydrogens (tertiary/aromatic N) is 3. The molecule has 4 rings (SSSR count). The summed E-state index contributed by atoms with van der Waals surface area (Å²) in [5, 5.41) is 3.48. The summed E-state index contributed by atoms with van der Waals surface area (Å²) in [5.41, 5.74) is 7.90. The molecule has 0 atom stereocenters. The maximum atomic E-state index is 11.9. The van der Waals surface area contributed by atoms with Crippen LogP contribution in [0.3, 0.4) is 0 Å². The highest BCUT2D eigenvalue weighted by Gasteiger charge is 2.35. The monoisotopic (exact) mass is 353 g/mol. The van der Waals surface area contributed by atoms with Crippen molar-refractivity contribution in [1.82, 2.24) is 19.8 Å². The summed E-state index contributed by atoms with van der Waals surface area (Å²) in [4.78, 5) is 18.3. The SMILES string of the molecule is Nc1ccn(-c2ccc(CN3CCC4(CCNCC4)CC3)cc2)c(=O)n1. The van der Waals surface area contributed by atoms with E-state index in [1.807, 2.05) is 12.1 Å². The van der Waals surface area contributed by atoms with Gasteiger partial charge in [-0.1, -0.05) is 12.1 Å². The van der Waals surface area contributed by atoms with Crippen LogP contribution in [0.15, 0.2) is 41.3 Å². The van der Waals surface area contributed by atoms with Crippen LogP contribution in [0, 0.1) is 5.41 Å². The van der Waals surface area contributed by atoms with Gasteiger partial charge in [-0.25, -0.2) is 4.79 Å². The molecule has 2 saturated heterocycles. The molecule has 0 unspecified atom stereocenters. The first kappa shape index (κ1) is 17.2. The third kappa shape index (κ3) is 3.66. The first-order chi connectivity index (χ1) is 12.6. The van der Waals surface area contributed by atoms with E-state index in [2.05, 4.69) is 27.3 Å². The van der Waals surface area contributed by atoms with E-state index in [0.717, 1.165) is 12.2 Å². The lowest BCUT2D eigenvalue weighted by atomic mass is 9.71. The van der Waals surface area contributed by atoms with E-state index in [1.165, 1.54) is 62.0 Å². The second-order valence-electron chi connectivity index (χ2n) is 7.70. The Hall–Kier alpha value is -2.18. The number of hydrogen-bond acceptors (Lipinski definition) is 5. The van der Waals surface area contributed by atoms with Crippen molar-refractivity contribution in [3.05, 3.63) is 52.6 Å². The Kier molecular flexibility index (Phi) is 4.78. The van der Waals surface area contributed by atoms with E-state index in [9.17, 15) is 4.79 Å². The highest BCUT2D eigenvalue weighted by atomic mass is 16.1. The number of aromatic nitrogens is 2. The minimum absolute atomic E-state index is 0.250. The molecule has 0 bridgehead atoms. The minimum Gasteiger partial charge on any atom is -0.383 e. The summed E-state index contributed by atoms with van der Waals surface area (Å²) in [5.74, 6) is 0.250. The molecule has 2 aromatic rings. The smallest absolute Gasteiger partial charge is 0.354 e. The van der Waals surface area contributed by atoms with Crippen molar-refractivity contribution < 1.29 is 0 Å². The third-order valence-corrected chi connectivity index (χ3v) is 6.03. The average Bonchev–Trinajstić information content (AvgIpc) is 2.66. The van der Waals surface area contributed by atoms with Crippen LogP contribution in [0.5, 0.6) is 0 Å². The van der Waals surface area contributed by atoms with Crippen molar-refractivity contribution >= 4 is 5.82 Å². The number of benzene rings is 1. The molecule has 0 saturated carbocycles. The van der Waals surface area contributed by atoms with E-state index >= 15 is 0 Å². The zero-order valence-electron chi connectivity index (χ0n) is 15.2. The molecule has 1 spiro atoms. The molecule has 0 amide bonds. The highest BCUT2D eigenvalue weighted by molar-refractivity contribution is 5.36. The van der Waals surface area contributed by atoms with Gasteiger partial charge in [-0.3, -0.25) is 9.47 Å². The quantitative estimate of drug-likeness (QED) is 0.880. The summed E-state index contributed by atoms with van der Waals surface area (Å²) < 4.78 is 1.52. The first-order valence-electron chi connectivity index (χ1n) is 9.51. The topological polar surface area (TPSA) is 76.2 Å². The molecular formula is C20H27N5O. The summed E-state index contributed by atoms with van der Waals surface area (Å²) in [7, 11) is 0. The van der Waals surface area contributed by atoms with E-state index in [0.29, 0.717) is 5.41 Å². The summed E-state index contributed by atoms with van der Waals surface area (Å²) in [6.45, 7) is 5.71. The van der Waals surface area contributed by atoms with E-state index in [4.69, 9.17) is 5.73 Å². The summed E-state index contributed by atoms with van der Waals surface area (Å²) >= 11 is 0. The van der Waals surface area contributed by atoms with Crippen LogP contribution < -0.4 is 16.7 Å². The van der Waals surface area contributed by atoms with Crippen LogP contribution in [-0.4, -0.2) is 40.6 Å². The van der Waals surface area contributed by atoms with E-state index in [-0.39, 0.29) is 11.5 Å². The van der Waals surface area contributed by atoms with Gasteiger partial charge >= 0.3 is 5.69 Å². The number of hydrogen-bond donors (Lipinski definition) is 2. The second kappa shape index (κ2) is 7.21. The van der Waals surface area contributed by atoms with Crippen LogP contribution in [0.25, 0.3) is 5.69 Å². The third-order valence-electron chi connectivity index (χ3n) is 6.03. The highest BCUT2D eigenvalue weighted by Crippen LogP contribution is 2.39. The maximum absolute atomic E-state index is 11.9. The average molecular weight is 353 g/mol. The van der Waals surface area contributed by atoms with Gasteiger partial charge in [0, 0.05) is 12.7 Å². The van der Waals surface area contributed by atoms with Crippen molar-refractivity contribution in [3.63, 3.8) is 0 Å². The Morgan fingerprint density at radius 1 is 1.04 bits per heavy atom.